The summed E-state index contributed by atoms with van der Waals surface area (Å²) in [7, 11) is 0. The number of fused-ring (bicyclic) bond motifs is 1. The number of carboxylic acids is 1. The second-order valence-corrected chi connectivity index (χ2v) is 3.87. The maximum absolute atomic E-state index is 9.57. The summed E-state index contributed by atoms with van der Waals surface area (Å²) >= 11 is 1.75. The molecule has 2 aromatic rings. The van der Waals surface area contributed by atoms with Gasteiger partial charge in [0.05, 0.1) is 0 Å². The Bertz CT molecular complexity index is 407. The number of aliphatic carboxylic acids is 1. The van der Waals surface area contributed by atoms with Gasteiger partial charge in [-0.1, -0.05) is 24.3 Å². The van der Waals surface area contributed by atoms with Crippen molar-refractivity contribution in [2.45, 2.75) is 13.0 Å². The fraction of sp³-hybridized carbons (Fsp3) is 0.182. The summed E-state index contributed by atoms with van der Waals surface area (Å²) in [5.74, 6) is -0.963. The van der Waals surface area contributed by atoms with E-state index in [2.05, 4.69) is 35.0 Å². The van der Waals surface area contributed by atoms with Crippen molar-refractivity contribution < 1.29 is 9.90 Å². The molecule has 0 radical (unpaired) electrons. The van der Waals surface area contributed by atoms with Crippen LogP contribution >= 0.6 is 11.3 Å². The Morgan fingerprint density at radius 2 is 1.73 bits per heavy atom. The summed E-state index contributed by atoms with van der Waals surface area (Å²) in [4.78, 5) is 9.57. The van der Waals surface area contributed by atoms with Crippen LogP contribution in [0.3, 0.4) is 0 Å². The molecule has 4 heteroatoms. The van der Waals surface area contributed by atoms with Crippen LogP contribution in [0.5, 0.6) is 0 Å². The highest BCUT2D eigenvalue weighted by Gasteiger charge is 1.99. The lowest BCUT2D eigenvalue weighted by Crippen LogP contribution is -2.25. The van der Waals surface area contributed by atoms with Gasteiger partial charge in [0.2, 0.25) is 0 Å². The molecule has 0 spiro atoms. The van der Waals surface area contributed by atoms with Gasteiger partial charge in [-0.3, -0.25) is 4.79 Å². The normalized spacial score (nSPS) is 11.6. The van der Waals surface area contributed by atoms with E-state index in [-0.39, 0.29) is 0 Å². The third-order valence-corrected chi connectivity index (χ3v) is 2.56. The maximum Gasteiger partial charge on any atom is 0.320 e. The largest absolute Gasteiger partial charge is 0.480 e. The molecular weight excluding hydrogens is 210 g/mol. The van der Waals surface area contributed by atoms with Crippen molar-refractivity contribution in [2.75, 3.05) is 0 Å². The number of nitrogens with two attached hydrogens (primary N) is 1. The molecule has 80 valence electrons. The van der Waals surface area contributed by atoms with Crippen molar-refractivity contribution in [3.05, 3.63) is 35.0 Å². The van der Waals surface area contributed by atoms with Crippen molar-refractivity contribution in [3.8, 4) is 0 Å². The first-order valence-corrected chi connectivity index (χ1v) is 5.45. The second kappa shape index (κ2) is 5.48. The Labute approximate surface area is 92.1 Å². The Morgan fingerprint density at radius 3 is 2.07 bits per heavy atom. The van der Waals surface area contributed by atoms with Gasteiger partial charge in [-0.15, -0.1) is 0 Å². The summed E-state index contributed by atoms with van der Waals surface area (Å²) in [6, 6.07) is 7.66. The summed E-state index contributed by atoms with van der Waals surface area (Å²) in [6.07, 6.45) is 0. The minimum atomic E-state index is -0.963. The SMILES string of the molecule is CC(N)C(=O)O.c1ccc2cscc2c1. The van der Waals surface area contributed by atoms with Gasteiger partial charge >= 0.3 is 5.97 Å². The molecule has 0 bridgehead atoms. The van der Waals surface area contributed by atoms with Crippen LogP contribution < -0.4 is 5.73 Å². The Hall–Kier alpha value is -1.39. The van der Waals surface area contributed by atoms with Crippen LogP contribution in [0.4, 0.5) is 0 Å². The third kappa shape index (κ3) is 3.69. The molecule has 3 nitrogen and oxygen atoms in total. The number of carbonyl (C=O) groups is 1. The average molecular weight is 223 g/mol. The molecule has 0 aliphatic heterocycles. The van der Waals surface area contributed by atoms with Gasteiger partial charge in [0, 0.05) is 0 Å². The van der Waals surface area contributed by atoms with Crippen molar-refractivity contribution in [1.82, 2.24) is 0 Å². The van der Waals surface area contributed by atoms with Crippen molar-refractivity contribution in [2.24, 2.45) is 5.73 Å². The lowest BCUT2D eigenvalue weighted by molar-refractivity contribution is -0.138. The fourth-order valence-electron chi connectivity index (χ4n) is 0.906. The van der Waals surface area contributed by atoms with E-state index >= 15 is 0 Å². The second-order valence-electron chi connectivity index (χ2n) is 3.13. The highest BCUT2D eigenvalue weighted by molar-refractivity contribution is 7.09. The van der Waals surface area contributed by atoms with E-state index in [4.69, 9.17) is 10.8 Å². The van der Waals surface area contributed by atoms with E-state index in [1.165, 1.54) is 17.7 Å². The molecule has 0 saturated heterocycles. The molecule has 0 amide bonds. The summed E-state index contributed by atoms with van der Waals surface area (Å²) in [5, 5.41) is 14.9. The molecule has 2 rings (SSSR count). The number of hydrogen-bond acceptors (Lipinski definition) is 3. The maximum atomic E-state index is 9.57. The molecule has 0 aliphatic rings. The van der Waals surface area contributed by atoms with Gasteiger partial charge in [-0.05, 0) is 28.5 Å². The molecule has 0 aliphatic carbocycles. The van der Waals surface area contributed by atoms with Gasteiger partial charge in [0.1, 0.15) is 6.04 Å². The fourth-order valence-corrected chi connectivity index (χ4v) is 1.70. The minimum absolute atomic E-state index is 0.731. The van der Waals surface area contributed by atoms with Crippen molar-refractivity contribution in [1.29, 1.82) is 0 Å². The number of carboxylic acid groups (broad SMARTS) is 1. The zero-order chi connectivity index (χ0) is 11.3. The van der Waals surface area contributed by atoms with Gasteiger partial charge in [-0.2, -0.15) is 11.3 Å². The molecule has 1 heterocycles. The third-order valence-electron chi connectivity index (χ3n) is 1.78. The molecule has 1 unspecified atom stereocenters. The molecule has 0 fully saturated rings. The van der Waals surface area contributed by atoms with Gasteiger partial charge in [0.15, 0.2) is 0 Å². The molecule has 3 N–H and O–H groups in total. The minimum Gasteiger partial charge on any atom is -0.480 e. The molecule has 1 aromatic heterocycles. The number of thiophene rings is 1. The van der Waals surface area contributed by atoms with Crippen LogP contribution in [-0.2, 0) is 4.79 Å². The average Bonchev–Trinajstić information content (AvgIpc) is 2.66. The van der Waals surface area contributed by atoms with Gasteiger partial charge in [-0.25, -0.2) is 0 Å². The highest BCUT2D eigenvalue weighted by Crippen LogP contribution is 2.17. The van der Waals surface area contributed by atoms with Crippen LogP contribution in [0.1, 0.15) is 6.92 Å². The predicted molar refractivity (Wildman–Crippen MR) is 63.1 cm³/mol. The first kappa shape index (κ1) is 11.7. The summed E-state index contributed by atoms with van der Waals surface area (Å²) < 4.78 is 0. The van der Waals surface area contributed by atoms with E-state index in [1.54, 1.807) is 11.3 Å². The van der Waals surface area contributed by atoms with Crippen LogP contribution in [-0.4, -0.2) is 17.1 Å². The van der Waals surface area contributed by atoms with E-state index in [0.29, 0.717) is 0 Å². The van der Waals surface area contributed by atoms with Crippen molar-refractivity contribution in [3.63, 3.8) is 0 Å². The number of hydrogen-bond donors (Lipinski definition) is 2. The Kier molecular flexibility index (Phi) is 4.27. The first-order chi connectivity index (χ1) is 7.11. The topological polar surface area (TPSA) is 63.3 Å². The summed E-state index contributed by atoms with van der Waals surface area (Å²) in [5.41, 5.74) is 4.84. The lowest BCUT2D eigenvalue weighted by Gasteiger charge is -1.90. The molecular formula is C11H13NO2S. The van der Waals surface area contributed by atoms with E-state index in [0.717, 1.165) is 0 Å². The standard InChI is InChI=1S/C8H6S.C3H7NO2/c1-2-4-8-6-9-5-7(8)3-1;1-2(4)3(5)6/h1-6H;2H,4H2,1H3,(H,5,6). The first-order valence-electron chi connectivity index (χ1n) is 4.50. The predicted octanol–water partition coefficient (Wildman–Crippen LogP) is 2.32. The smallest absolute Gasteiger partial charge is 0.320 e. The lowest BCUT2D eigenvalue weighted by atomic mass is 10.2. The highest BCUT2D eigenvalue weighted by atomic mass is 32.1. The van der Waals surface area contributed by atoms with E-state index in [1.807, 2.05) is 0 Å². The van der Waals surface area contributed by atoms with Crippen LogP contribution in [0.2, 0.25) is 0 Å². The van der Waals surface area contributed by atoms with Gasteiger partial charge in [0.25, 0.3) is 0 Å². The quantitative estimate of drug-likeness (QED) is 0.779. The van der Waals surface area contributed by atoms with E-state index in [9.17, 15) is 4.79 Å². The monoisotopic (exact) mass is 223 g/mol. The van der Waals surface area contributed by atoms with E-state index < -0.39 is 12.0 Å². The van der Waals surface area contributed by atoms with Crippen LogP contribution in [0.15, 0.2) is 35.0 Å². The zero-order valence-corrected chi connectivity index (χ0v) is 9.20. The zero-order valence-electron chi connectivity index (χ0n) is 8.38. The van der Waals surface area contributed by atoms with Gasteiger partial charge < -0.3 is 10.8 Å². The molecule has 1 aromatic carbocycles. The molecule has 15 heavy (non-hydrogen) atoms. The summed E-state index contributed by atoms with van der Waals surface area (Å²) in [6.45, 7) is 1.42. The van der Waals surface area contributed by atoms with Crippen LogP contribution in [0, 0.1) is 0 Å². The molecule has 0 saturated carbocycles. The number of benzene rings is 1. The van der Waals surface area contributed by atoms with Crippen LogP contribution in [0.25, 0.3) is 10.8 Å². The number of rotatable bonds is 1. The van der Waals surface area contributed by atoms with Crippen molar-refractivity contribution >= 4 is 28.1 Å². The molecule has 1 atom stereocenters. The Balaban J connectivity index is 0.000000167. The Morgan fingerprint density at radius 1 is 1.33 bits per heavy atom.